The SMILES string of the molecule is CCC(CC(C)(C)C)[C@@H](C)C(C)(C)[C@H]1CC[C@@]2(C)C3=CC(=O)[C@@H]4C[C@@H](C)[C@@H](C)C[C@]4(C)C3CC[C@]12C. The Morgan fingerprint density at radius 1 is 0.972 bits per heavy atom. The van der Waals surface area contributed by atoms with E-state index < -0.39 is 0 Å². The van der Waals surface area contributed by atoms with Crippen molar-refractivity contribution >= 4 is 5.78 Å². The zero-order valence-corrected chi connectivity index (χ0v) is 26.2. The van der Waals surface area contributed by atoms with E-state index in [1.165, 1.54) is 44.9 Å². The van der Waals surface area contributed by atoms with Crippen LogP contribution in [0.1, 0.15) is 134 Å². The predicted molar refractivity (Wildman–Crippen MR) is 155 cm³/mol. The maximum absolute atomic E-state index is 13.7. The third kappa shape index (κ3) is 4.11. The number of ketones is 1. The number of hydrogen-bond acceptors (Lipinski definition) is 1. The Labute approximate surface area is 225 Å². The van der Waals surface area contributed by atoms with Gasteiger partial charge >= 0.3 is 0 Å². The van der Waals surface area contributed by atoms with Crippen molar-refractivity contribution in [3.63, 3.8) is 0 Å². The molecule has 0 aromatic heterocycles. The molecule has 4 rings (SSSR count). The first-order chi connectivity index (χ1) is 16.4. The quantitative estimate of drug-likeness (QED) is 0.370. The second-order valence-corrected chi connectivity index (χ2v) is 16.9. The molecule has 0 N–H and O–H groups in total. The Hall–Kier alpha value is -0.590. The lowest BCUT2D eigenvalue weighted by molar-refractivity contribution is -0.134. The van der Waals surface area contributed by atoms with Crippen LogP contribution in [0.15, 0.2) is 11.6 Å². The number of allylic oxidation sites excluding steroid dienone is 2. The van der Waals surface area contributed by atoms with Crippen LogP contribution < -0.4 is 0 Å². The average molecular weight is 497 g/mol. The van der Waals surface area contributed by atoms with E-state index in [0.29, 0.717) is 40.3 Å². The van der Waals surface area contributed by atoms with Gasteiger partial charge in [-0.1, -0.05) is 95.1 Å². The van der Waals surface area contributed by atoms with Gasteiger partial charge in [-0.05, 0) is 114 Å². The van der Waals surface area contributed by atoms with Gasteiger partial charge in [0.15, 0.2) is 5.78 Å². The van der Waals surface area contributed by atoms with Crippen molar-refractivity contribution in [1.82, 2.24) is 0 Å². The molecule has 0 saturated heterocycles. The van der Waals surface area contributed by atoms with Crippen LogP contribution in [0, 0.1) is 68.5 Å². The summed E-state index contributed by atoms with van der Waals surface area (Å²) in [5.41, 5.74) is 2.87. The van der Waals surface area contributed by atoms with Gasteiger partial charge in [0.05, 0.1) is 0 Å². The third-order valence-electron chi connectivity index (χ3n) is 13.7. The Morgan fingerprint density at radius 3 is 2.19 bits per heavy atom. The van der Waals surface area contributed by atoms with Crippen LogP contribution in [-0.2, 0) is 4.79 Å². The maximum atomic E-state index is 13.7. The summed E-state index contributed by atoms with van der Waals surface area (Å²) in [4.78, 5) is 13.7. The molecule has 0 bridgehead atoms. The molecule has 0 spiro atoms. The fraction of sp³-hybridized carbons (Fsp3) is 0.914. The molecule has 0 radical (unpaired) electrons. The van der Waals surface area contributed by atoms with Crippen LogP contribution in [0.4, 0.5) is 0 Å². The molecular weight excluding hydrogens is 436 g/mol. The Bertz CT molecular complexity index is 887. The first-order valence-electron chi connectivity index (χ1n) is 15.7. The summed E-state index contributed by atoms with van der Waals surface area (Å²) in [5.74, 6) is 4.92. The molecule has 4 aliphatic carbocycles. The second-order valence-electron chi connectivity index (χ2n) is 16.9. The van der Waals surface area contributed by atoms with Crippen molar-refractivity contribution in [3.8, 4) is 0 Å². The van der Waals surface area contributed by atoms with Gasteiger partial charge in [0.2, 0.25) is 0 Å². The van der Waals surface area contributed by atoms with Crippen LogP contribution in [0.5, 0.6) is 0 Å². The highest BCUT2D eigenvalue weighted by Crippen LogP contribution is 2.74. The van der Waals surface area contributed by atoms with Crippen molar-refractivity contribution in [2.45, 2.75) is 134 Å². The molecule has 206 valence electrons. The number of carbonyl (C=O) groups is 1. The number of rotatable bonds is 5. The van der Waals surface area contributed by atoms with Crippen molar-refractivity contribution in [2.24, 2.45) is 68.5 Å². The first-order valence-corrected chi connectivity index (χ1v) is 15.7. The minimum Gasteiger partial charge on any atom is -0.295 e. The van der Waals surface area contributed by atoms with Gasteiger partial charge in [-0.2, -0.15) is 0 Å². The highest BCUT2D eigenvalue weighted by atomic mass is 16.1. The molecule has 3 fully saturated rings. The molecule has 2 unspecified atom stereocenters. The van der Waals surface area contributed by atoms with Gasteiger partial charge < -0.3 is 0 Å². The Kier molecular flexibility index (Phi) is 7.09. The minimum absolute atomic E-state index is 0.165. The van der Waals surface area contributed by atoms with Crippen LogP contribution >= 0.6 is 0 Å². The molecular formula is C35H60O. The van der Waals surface area contributed by atoms with Gasteiger partial charge in [0, 0.05) is 5.92 Å². The maximum Gasteiger partial charge on any atom is 0.159 e. The lowest BCUT2D eigenvalue weighted by Crippen LogP contribution is -2.56. The largest absolute Gasteiger partial charge is 0.295 e. The van der Waals surface area contributed by atoms with Crippen LogP contribution in [0.2, 0.25) is 0 Å². The molecule has 0 heterocycles. The predicted octanol–water partition coefficient (Wildman–Crippen LogP) is 10.1. The number of fused-ring (bicyclic) bond motifs is 5. The molecule has 0 aromatic rings. The van der Waals surface area contributed by atoms with Gasteiger partial charge in [-0.3, -0.25) is 4.79 Å². The third-order valence-corrected chi connectivity index (χ3v) is 13.7. The monoisotopic (exact) mass is 496 g/mol. The number of hydrogen-bond donors (Lipinski definition) is 0. The molecule has 0 aliphatic heterocycles. The normalized spacial score (nSPS) is 44.8. The molecule has 3 saturated carbocycles. The smallest absolute Gasteiger partial charge is 0.159 e. The lowest BCUT2D eigenvalue weighted by atomic mass is 9.41. The summed E-state index contributed by atoms with van der Waals surface area (Å²) in [7, 11) is 0. The summed E-state index contributed by atoms with van der Waals surface area (Å²) < 4.78 is 0. The Balaban J connectivity index is 1.69. The van der Waals surface area contributed by atoms with E-state index in [0.717, 1.165) is 18.3 Å². The average Bonchev–Trinajstić information content (AvgIpc) is 3.05. The zero-order chi connectivity index (χ0) is 27.1. The molecule has 36 heavy (non-hydrogen) atoms. The zero-order valence-electron chi connectivity index (χ0n) is 26.2. The molecule has 1 heteroatoms. The molecule has 0 aromatic carbocycles. The first kappa shape index (κ1) is 28.4. The van der Waals surface area contributed by atoms with Crippen LogP contribution in [-0.4, -0.2) is 5.78 Å². The van der Waals surface area contributed by atoms with Crippen LogP contribution in [0.3, 0.4) is 0 Å². The van der Waals surface area contributed by atoms with Gasteiger partial charge in [0.25, 0.3) is 0 Å². The topological polar surface area (TPSA) is 17.1 Å². The van der Waals surface area contributed by atoms with Gasteiger partial charge in [-0.15, -0.1) is 0 Å². The van der Waals surface area contributed by atoms with E-state index in [2.05, 4.69) is 89.2 Å². The van der Waals surface area contributed by atoms with E-state index in [1.807, 2.05) is 0 Å². The van der Waals surface area contributed by atoms with E-state index in [1.54, 1.807) is 5.57 Å². The van der Waals surface area contributed by atoms with Crippen molar-refractivity contribution in [1.29, 1.82) is 0 Å². The molecule has 1 nitrogen and oxygen atoms in total. The summed E-state index contributed by atoms with van der Waals surface area (Å²) in [5, 5.41) is 0. The van der Waals surface area contributed by atoms with Crippen molar-refractivity contribution < 1.29 is 4.79 Å². The molecule has 4 aliphatic rings. The number of carbonyl (C=O) groups excluding carboxylic acids is 1. The molecule has 10 atom stereocenters. The minimum atomic E-state index is 0.165. The standard InChI is InChI=1S/C35H60O/c1-13-25(21-31(5,6)7)24(4)32(8,9)30-15-17-34(11)27-19-29(36)28-18-22(2)23(3)20-33(28,10)26(27)14-16-35(30,34)12/h19,22-26,28,30H,13-18,20-21H2,1-12H3/t22-,23+,24-,25?,26?,28+,30-,33-,34+,35-/m1/s1. The van der Waals surface area contributed by atoms with E-state index >= 15 is 0 Å². The summed E-state index contributed by atoms with van der Waals surface area (Å²) >= 11 is 0. The highest BCUT2D eigenvalue weighted by molar-refractivity contribution is 5.94. The second kappa shape index (κ2) is 8.98. The summed E-state index contributed by atoms with van der Waals surface area (Å²) in [6.07, 6.45) is 12.4. The van der Waals surface area contributed by atoms with Crippen molar-refractivity contribution in [2.75, 3.05) is 0 Å². The fourth-order valence-electron chi connectivity index (χ4n) is 10.8. The van der Waals surface area contributed by atoms with Gasteiger partial charge in [-0.25, -0.2) is 0 Å². The van der Waals surface area contributed by atoms with E-state index in [-0.39, 0.29) is 22.2 Å². The van der Waals surface area contributed by atoms with Gasteiger partial charge in [0.1, 0.15) is 0 Å². The summed E-state index contributed by atoms with van der Waals surface area (Å²) in [6.45, 7) is 30.0. The highest BCUT2D eigenvalue weighted by Gasteiger charge is 2.66. The van der Waals surface area contributed by atoms with Crippen molar-refractivity contribution in [3.05, 3.63) is 11.6 Å². The van der Waals surface area contributed by atoms with E-state index in [9.17, 15) is 4.79 Å². The fourth-order valence-corrected chi connectivity index (χ4v) is 10.8. The van der Waals surface area contributed by atoms with E-state index in [4.69, 9.17) is 0 Å². The lowest BCUT2D eigenvalue weighted by Gasteiger charge is -2.62. The Morgan fingerprint density at radius 2 is 1.61 bits per heavy atom. The molecule has 0 amide bonds. The summed E-state index contributed by atoms with van der Waals surface area (Å²) in [6, 6.07) is 0. The van der Waals surface area contributed by atoms with Crippen LogP contribution in [0.25, 0.3) is 0 Å².